The van der Waals surface area contributed by atoms with Gasteiger partial charge in [-0.15, -0.1) is 0 Å². The maximum absolute atomic E-state index is 12.8. The van der Waals surface area contributed by atoms with Crippen LogP contribution in [0.3, 0.4) is 0 Å². The molecule has 0 aliphatic rings. The quantitative estimate of drug-likeness (QED) is 0.313. The molecule has 10 nitrogen and oxygen atoms in total. The third-order valence-corrected chi connectivity index (χ3v) is 5.55. The summed E-state index contributed by atoms with van der Waals surface area (Å²) < 4.78 is 28.0. The van der Waals surface area contributed by atoms with Crippen LogP contribution in [0, 0.1) is 0 Å². The Morgan fingerprint density at radius 1 is 1.10 bits per heavy atom. The van der Waals surface area contributed by atoms with Crippen molar-refractivity contribution in [3.63, 3.8) is 0 Å². The normalized spacial score (nSPS) is 12.8. The lowest BCUT2D eigenvalue weighted by Gasteiger charge is -2.15. The summed E-state index contributed by atoms with van der Waals surface area (Å²) in [6.45, 7) is 1.87. The molecule has 2 rings (SSSR count). The minimum Gasteiger partial charge on any atom is -0.481 e. The van der Waals surface area contributed by atoms with Gasteiger partial charge in [0.1, 0.15) is 0 Å². The minimum absolute atomic E-state index is 0.0469. The van der Waals surface area contributed by atoms with Crippen LogP contribution in [0.4, 0.5) is 16.2 Å². The zero-order chi connectivity index (χ0) is 22.3. The molecule has 0 spiro atoms. The van der Waals surface area contributed by atoms with Gasteiger partial charge < -0.3 is 21.9 Å². The standard InChI is InChI=1S/C19H23N5O5S/c1-2-12(10-17(25)26)13-5-3-7-15(9-13)24-30(28,29)16-8-4-6-14(11-16)22-18(20)23-19(21)27/h3-9,11-12,24H,2,10H2,1H3,(H,25,26)(H5,20,21,22,23,27). The average molecular weight is 433 g/mol. The number of benzene rings is 2. The van der Waals surface area contributed by atoms with Crippen LogP contribution in [0.2, 0.25) is 0 Å². The summed E-state index contributed by atoms with van der Waals surface area (Å²) in [7, 11) is -3.95. The number of urea groups is 1. The first-order valence-electron chi connectivity index (χ1n) is 8.96. The summed E-state index contributed by atoms with van der Waals surface area (Å²) >= 11 is 0. The molecule has 2 aromatic rings. The van der Waals surface area contributed by atoms with E-state index in [2.05, 4.69) is 15.0 Å². The number of hydrogen-bond acceptors (Lipinski definition) is 4. The molecule has 160 valence electrons. The van der Waals surface area contributed by atoms with Crippen molar-refractivity contribution in [2.45, 2.75) is 30.6 Å². The van der Waals surface area contributed by atoms with E-state index in [1.165, 1.54) is 18.2 Å². The number of amides is 2. The molecule has 1 unspecified atom stereocenters. The topological polar surface area (TPSA) is 177 Å². The predicted octanol–water partition coefficient (Wildman–Crippen LogP) is 2.26. The molecular formula is C19H23N5O5S. The highest BCUT2D eigenvalue weighted by Crippen LogP contribution is 2.27. The number of aliphatic imine (C=N–C) groups is 1. The fourth-order valence-corrected chi connectivity index (χ4v) is 3.91. The number of rotatable bonds is 8. The van der Waals surface area contributed by atoms with Crippen molar-refractivity contribution in [3.05, 3.63) is 54.1 Å². The van der Waals surface area contributed by atoms with Crippen LogP contribution >= 0.6 is 0 Å². The Morgan fingerprint density at radius 3 is 2.40 bits per heavy atom. The number of carbonyl (C=O) groups is 2. The van der Waals surface area contributed by atoms with Crippen molar-refractivity contribution in [1.29, 1.82) is 0 Å². The zero-order valence-electron chi connectivity index (χ0n) is 16.2. The van der Waals surface area contributed by atoms with Crippen LogP contribution in [-0.2, 0) is 14.8 Å². The number of carbonyl (C=O) groups excluding carboxylic acids is 1. The molecule has 1 atom stereocenters. The van der Waals surface area contributed by atoms with Crippen molar-refractivity contribution in [1.82, 2.24) is 0 Å². The van der Waals surface area contributed by atoms with Crippen molar-refractivity contribution < 1.29 is 23.1 Å². The van der Waals surface area contributed by atoms with Crippen molar-refractivity contribution >= 4 is 39.4 Å². The number of aliphatic carboxylic acids is 1. The zero-order valence-corrected chi connectivity index (χ0v) is 17.0. The number of carboxylic acid groups (broad SMARTS) is 1. The Hall–Kier alpha value is -3.60. The molecule has 0 fully saturated rings. The minimum atomic E-state index is -3.95. The molecule has 0 saturated heterocycles. The van der Waals surface area contributed by atoms with Gasteiger partial charge in [-0.2, -0.15) is 4.99 Å². The Labute approximate surface area is 174 Å². The van der Waals surface area contributed by atoms with Crippen molar-refractivity contribution in [2.75, 3.05) is 10.0 Å². The summed E-state index contributed by atoms with van der Waals surface area (Å²) in [5.74, 6) is -1.43. The maximum atomic E-state index is 12.8. The van der Waals surface area contributed by atoms with Gasteiger partial charge in [-0.3, -0.25) is 9.52 Å². The molecule has 7 N–H and O–H groups in total. The van der Waals surface area contributed by atoms with Gasteiger partial charge in [-0.05, 0) is 48.2 Å². The molecule has 2 amide bonds. The number of nitrogens with zero attached hydrogens (tertiary/aromatic N) is 1. The number of nitrogens with one attached hydrogen (secondary N) is 2. The van der Waals surface area contributed by atoms with Crippen molar-refractivity contribution in [2.24, 2.45) is 16.5 Å². The largest absolute Gasteiger partial charge is 0.481 e. The number of carboxylic acids is 1. The average Bonchev–Trinajstić information content (AvgIpc) is 2.65. The number of hydrogen-bond donors (Lipinski definition) is 5. The first-order chi connectivity index (χ1) is 14.1. The second kappa shape index (κ2) is 9.74. The lowest BCUT2D eigenvalue weighted by molar-refractivity contribution is -0.137. The van der Waals surface area contributed by atoms with E-state index in [4.69, 9.17) is 16.6 Å². The SMILES string of the molecule is CCC(CC(=O)O)c1cccc(NS(=O)(=O)c2cccc(N/C(N)=N\C(N)=O)c2)c1. The van der Waals surface area contributed by atoms with Gasteiger partial charge in [0.15, 0.2) is 0 Å². The summed E-state index contributed by atoms with van der Waals surface area (Å²) in [6, 6.07) is 11.4. The number of nitrogens with two attached hydrogens (primary N) is 2. The molecule has 0 aliphatic carbocycles. The van der Waals surface area contributed by atoms with E-state index < -0.39 is 22.0 Å². The van der Waals surface area contributed by atoms with Gasteiger partial charge in [0.25, 0.3) is 10.0 Å². The molecule has 0 bridgehead atoms. The fraction of sp³-hybridized carbons (Fsp3) is 0.211. The number of anilines is 2. The number of guanidine groups is 1. The van der Waals surface area contributed by atoms with Gasteiger partial charge in [0.2, 0.25) is 5.96 Å². The number of sulfonamides is 1. The van der Waals surface area contributed by atoms with Crippen LogP contribution in [0.1, 0.15) is 31.2 Å². The highest BCUT2D eigenvalue weighted by Gasteiger charge is 2.17. The van der Waals surface area contributed by atoms with Crippen LogP contribution in [0.5, 0.6) is 0 Å². The third kappa shape index (κ3) is 6.48. The van der Waals surface area contributed by atoms with Crippen LogP contribution in [0.15, 0.2) is 58.4 Å². The molecule has 0 heterocycles. The predicted molar refractivity (Wildman–Crippen MR) is 114 cm³/mol. The van der Waals surface area contributed by atoms with Crippen LogP contribution < -0.4 is 21.5 Å². The number of primary amides is 1. The monoisotopic (exact) mass is 433 g/mol. The van der Waals surface area contributed by atoms with Crippen LogP contribution in [0.25, 0.3) is 0 Å². The van der Waals surface area contributed by atoms with Gasteiger partial charge in [-0.25, -0.2) is 13.2 Å². The van der Waals surface area contributed by atoms with Crippen molar-refractivity contribution in [3.8, 4) is 0 Å². The second-order valence-electron chi connectivity index (χ2n) is 6.42. The molecule has 2 aromatic carbocycles. The van der Waals surface area contributed by atoms with Crippen LogP contribution in [-0.4, -0.2) is 31.5 Å². The highest BCUT2D eigenvalue weighted by molar-refractivity contribution is 7.92. The maximum Gasteiger partial charge on any atom is 0.341 e. The fourth-order valence-electron chi connectivity index (χ4n) is 2.81. The second-order valence-corrected chi connectivity index (χ2v) is 8.10. The van der Waals surface area contributed by atoms with E-state index in [0.717, 1.165) is 5.56 Å². The van der Waals surface area contributed by atoms with Gasteiger partial charge in [-0.1, -0.05) is 25.1 Å². The Balaban J connectivity index is 2.25. The van der Waals surface area contributed by atoms with E-state index in [1.54, 1.807) is 30.3 Å². The first-order valence-corrected chi connectivity index (χ1v) is 10.4. The summed E-state index contributed by atoms with van der Waals surface area (Å²) in [5.41, 5.74) is 11.8. The molecule has 0 saturated carbocycles. The highest BCUT2D eigenvalue weighted by atomic mass is 32.2. The molecule has 30 heavy (non-hydrogen) atoms. The third-order valence-electron chi connectivity index (χ3n) is 4.17. The summed E-state index contributed by atoms with van der Waals surface area (Å²) in [5, 5.41) is 11.6. The smallest absolute Gasteiger partial charge is 0.341 e. The van der Waals surface area contributed by atoms with E-state index in [1.807, 2.05) is 6.92 Å². The first kappa shape index (κ1) is 22.7. The van der Waals surface area contributed by atoms with E-state index in [9.17, 15) is 18.0 Å². The van der Waals surface area contributed by atoms with Gasteiger partial charge in [0.05, 0.1) is 11.3 Å². The molecular weight excluding hydrogens is 410 g/mol. The van der Waals surface area contributed by atoms with Gasteiger partial charge in [0, 0.05) is 11.4 Å². The summed E-state index contributed by atoms with van der Waals surface area (Å²) in [4.78, 5) is 25.1. The lowest BCUT2D eigenvalue weighted by Crippen LogP contribution is -2.25. The van der Waals surface area contributed by atoms with E-state index in [0.29, 0.717) is 17.8 Å². The summed E-state index contributed by atoms with van der Waals surface area (Å²) in [6.07, 6.45) is 0.555. The lowest BCUT2D eigenvalue weighted by atomic mass is 9.93. The molecule has 11 heteroatoms. The molecule has 0 aromatic heterocycles. The van der Waals surface area contributed by atoms with Gasteiger partial charge >= 0.3 is 12.0 Å². The Bertz CT molecular complexity index is 1070. The molecule has 0 aliphatic heterocycles. The van der Waals surface area contributed by atoms with E-state index in [-0.39, 0.29) is 23.2 Å². The Kier molecular flexibility index (Phi) is 7.37. The van der Waals surface area contributed by atoms with E-state index >= 15 is 0 Å². The molecule has 0 radical (unpaired) electrons. The Morgan fingerprint density at radius 2 is 1.77 bits per heavy atom.